The van der Waals surface area contributed by atoms with Gasteiger partial charge in [0.25, 0.3) is 5.91 Å². The lowest BCUT2D eigenvalue weighted by Gasteiger charge is -2.19. The summed E-state index contributed by atoms with van der Waals surface area (Å²) in [5.41, 5.74) is 1.77. The SMILES string of the molecule is C[C@H](NC(=O)c1cn[nH]c1-c1ccc(F)cc1)[C@H]1CCOC1. The fraction of sp³-hybridized carbons (Fsp3) is 0.375. The van der Waals surface area contributed by atoms with Crippen molar-refractivity contribution < 1.29 is 13.9 Å². The van der Waals surface area contributed by atoms with Gasteiger partial charge in [-0.1, -0.05) is 0 Å². The van der Waals surface area contributed by atoms with Gasteiger partial charge in [0.15, 0.2) is 0 Å². The molecule has 0 saturated carbocycles. The first-order valence-electron chi connectivity index (χ1n) is 7.33. The quantitative estimate of drug-likeness (QED) is 0.911. The van der Waals surface area contributed by atoms with Crippen LogP contribution in [-0.2, 0) is 4.74 Å². The monoisotopic (exact) mass is 303 g/mol. The number of nitrogens with zero attached hydrogens (tertiary/aromatic N) is 1. The molecule has 0 bridgehead atoms. The number of amides is 1. The lowest BCUT2D eigenvalue weighted by molar-refractivity contribution is 0.0923. The fourth-order valence-electron chi connectivity index (χ4n) is 2.64. The summed E-state index contributed by atoms with van der Waals surface area (Å²) in [6.07, 6.45) is 2.45. The summed E-state index contributed by atoms with van der Waals surface area (Å²) in [4.78, 5) is 12.4. The molecule has 2 N–H and O–H groups in total. The summed E-state index contributed by atoms with van der Waals surface area (Å²) in [5, 5.41) is 9.74. The largest absolute Gasteiger partial charge is 0.381 e. The highest BCUT2D eigenvalue weighted by molar-refractivity contribution is 5.99. The summed E-state index contributed by atoms with van der Waals surface area (Å²) >= 11 is 0. The van der Waals surface area contributed by atoms with Gasteiger partial charge >= 0.3 is 0 Å². The summed E-state index contributed by atoms with van der Waals surface area (Å²) in [5.74, 6) is -0.165. The number of hydrogen-bond acceptors (Lipinski definition) is 3. The zero-order valence-electron chi connectivity index (χ0n) is 12.3. The number of halogens is 1. The van der Waals surface area contributed by atoms with Gasteiger partial charge in [-0.05, 0) is 37.6 Å². The van der Waals surface area contributed by atoms with Crippen molar-refractivity contribution in [1.29, 1.82) is 0 Å². The van der Waals surface area contributed by atoms with E-state index in [2.05, 4.69) is 15.5 Å². The molecule has 0 spiro atoms. The van der Waals surface area contributed by atoms with Gasteiger partial charge in [-0.3, -0.25) is 9.89 Å². The molecule has 1 aliphatic heterocycles. The molecule has 0 aliphatic carbocycles. The Bertz CT molecular complexity index is 648. The maximum atomic E-state index is 13.0. The van der Waals surface area contributed by atoms with Gasteiger partial charge in [0.2, 0.25) is 0 Å². The standard InChI is InChI=1S/C16H18FN3O2/c1-10(12-6-7-22-9-12)19-16(21)14-8-18-20-15(14)11-2-4-13(17)5-3-11/h2-5,8,10,12H,6-7,9H2,1H3,(H,18,20)(H,19,21)/t10-,12-/m0/s1. The Balaban J connectivity index is 1.76. The second-order valence-corrected chi connectivity index (χ2v) is 5.55. The molecule has 2 heterocycles. The van der Waals surface area contributed by atoms with Gasteiger partial charge in [0.05, 0.1) is 24.1 Å². The number of aromatic nitrogens is 2. The molecule has 2 aromatic rings. The maximum absolute atomic E-state index is 13.0. The maximum Gasteiger partial charge on any atom is 0.255 e. The molecule has 1 amide bonds. The molecule has 116 valence electrons. The minimum atomic E-state index is -0.316. The Morgan fingerprint density at radius 2 is 2.23 bits per heavy atom. The number of aromatic amines is 1. The van der Waals surface area contributed by atoms with Crippen molar-refractivity contribution in [3.8, 4) is 11.3 Å². The highest BCUT2D eigenvalue weighted by Crippen LogP contribution is 2.22. The molecular weight excluding hydrogens is 285 g/mol. The van der Waals surface area contributed by atoms with Crippen molar-refractivity contribution in [2.24, 2.45) is 5.92 Å². The van der Waals surface area contributed by atoms with Gasteiger partial charge in [0, 0.05) is 24.1 Å². The van der Waals surface area contributed by atoms with Crippen molar-refractivity contribution in [2.45, 2.75) is 19.4 Å². The topological polar surface area (TPSA) is 67.0 Å². The molecule has 0 unspecified atom stereocenters. The van der Waals surface area contributed by atoms with Crippen LogP contribution in [-0.4, -0.2) is 35.4 Å². The van der Waals surface area contributed by atoms with Crippen molar-refractivity contribution in [3.05, 3.63) is 41.8 Å². The molecular formula is C16H18FN3O2. The molecule has 5 nitrogen and oxygen atoms in total. The third-order valence-corrected chi connectivity index (χ3v) is 4.05. The minimum absolute atomic E-state index is 0.0333. The summed E-state index contributed by atoms with van der Waals surface area (Å²) in [6, 6.07) is 5.99. The second kappa shape index (κ2) is 6.27. The van der Waals surface area contributed by atoms with Crippen LogP contribution in [0.4, 0.5) is 4.39 Å². The smallest absolute Gasteiger partial charge is 0.255 e. The lowest BCUT2D eigenvalue weighted by atomic mass is 10.00. The van der Waals surface area contributed by atoms with Crippen LogP contribution in [0.5, 0.6) is 0 Å². The van der Waals surface area contributed by atoms with Crippen LogP contribution >= 0.6 is 0 Å². The summed E-state index contributed by atoms with van der Waals surface area (Å²) in [7, 11) is 0. The van der Waals surface area contributed by atoms with Gasteiger partial charge < -0.3 is 10.1 Å². The summed E-state index contributed by atoms with van der Waals surface area (Å²) < 4.78 is 18.4. The number of nitrogens with one attached hydrogen (secondary N) is 2. The molecule has 3 rings (SSSR count). The normalized spacial score (nSPS) is 19.1. The van der Waals surface area contributed by atoms with E-state index in [4.69, 9.17) is 4.74 Å². The molecule has 1 fully saturated rings. The number of ether oxygens (including phenoxy) is 1. The Morgan fingerprint density at radius 1 is 1.45 bits per heavy atom. The van der Waals surface area contributed by atoms with Crippen LogP contribution in [0.15, 0.2) is 30.5 Å². The summed E-state index contributed by atoms with van der Waals surface area (Å²) in [6.45, 7) is 3.41. The van der Waals surface area contributed by atoms with Crippen LogP contribution in [0.1, 0.15) is 23.7 Å². The van der Waals surface area contributed by atoms with Crippen LogP contribution in [0, 0.1) is 11.7 Å². The average molecular weight is 303 g/mol. The number of carbonyl (C=O) groups excluding carboxylic acids is 1. The average Bonchev–Trinajstić information content (AvgIpc) is 3.19. The van der Waals surface area contributed by atoms with E-state index in [1.165, 1.54) is 18.3 Å². The van der Waals surface area contributed by atoms with Crippen LogP contribution in [0.3, 0.4) is 0 Å². The van der Waals surface area contributed by atoms with E-state index >= 15 is 0 Å². The first-order chi connectivity index (χ1) is 10.6. The van der Waals surface area contributed by atoms with Gasteiger partial charge in [-0.15, -0.1) is 0 Å². The van der Waals surface area contributed by atoms with Gasteiger partial charge in [-0.2, -0.15) is 5.10 Å². The first kappa shape index (κ1) is 14.7. The van der Waals surface area contributed by atoms with Crippen molar-refractivity contribution >= 4 is 5.91 Å². The number of H-pyrrole nitrogens is 1. The number of hydrogen-bond donors (Lipinski definition) is 2. The van der Waals surface area contributed by atoms with Crippen LogP contribution < -0.4 is 5.32 Å². The van der Waals surface area contributed by atoms with Crippen LogP contribution in [0.2, 0.25) is 0 Å². The zero-order valence-corrected chi connectivity index (χ0v) is 12.3. The number of benzene rings is 1. The van der Waals surface area contributed by atoms with E-state index in [1.807, 2.05) is 6.92 Å². The lowest BCUT2D eigenvalue weighted by Crippen LogP contribution is -2.38. The Hall–Kier alpha value is -2.21. The van der Waals surface area contributed by atoms with Gasteiger partial charge in [-0.25, -0.2) is 4.39 Å². The van der Waals surface area contributed by atoms with Crippen molar-refractivity contribution in [3.63, 3.8) is 0 Å². The molecule has 1 aliphatic rings. The second-order valence-electron chi connectivity index (χ2n) is 5.55. The highest BCUT2D eigenvalue weighted by atomic mass is 19.1. The Kier molecular flexibility index (Phi) is 4.20. The molecule has 1 aromatic carbocycles. The van der Waals surface area contributed by atoms with E-state index in [0.29, 0.717) is 23.8 Å². The third kappa shape index (κ3) is 3.01. The molecule has 6 heteroatoms. The predicted molar refractivity (Wildman–Crippen MR) is 79.8 cm³/mol. The molecule has 1 aromatic heterocycles. The van der Waals surface area contributed by atoms with E-state index < -0.39 is 0 Å². The minimum Gasteiger partial charge on any atom is -0.381 e. The van der Waals surface area contributed by atoms with Crippen molar-refractivity contribution in [1.82, 2.24) is 15.5 Å². The molecule has 22 heavy (non-hydrogen) atoms. The first-order valence-corrected chi connectivity index (χ1v) is 7.33. The molecule has 1 saturated heterocycles. The molecule has 0 radical (unpaired) electrons. The van der Waals surface area contributed by atoms with E-state index in [9.17, 15) is 9.18 Å². The van der Waals surface area contributed by atoms with E-state index in [1.54, 1.807) is 12.1 Å². The van der Waals surface area contributed by atoms with Crippen molar-refractivity contribution in [2.75, 3.05) is 13.2 Å². The zero-order chi connectivity index (χ0) is 15.5. The Labute approximate surface area is 127 Å². The van der Waals surface area contributed by atoms with E-state index in [-0.39, 0.29) is 17.8 Å². The fourth-order valence-corrected chi connectivity index (χ4v) is 2.64. The predicted octanol–water partition coefficient (Wildman–Crippen LogP) is 2.37. The molecule has 2 atom stereocenters. The third-order valence-electron chi connectivity index (χ3n) is 4.05. The van der Waals surface area contributed by atoms with Gasteiger partial charge in [0.1, 0.15) is 5.82 Å². The van der Waals surface area contributed by atoms with Crippen LogP contribution in [0.25, 0.3) is 11.3 Å². The highest BCUT2D eigenvalue weighted by Gasteiger charge is 2.25. The number of rotatable bonds is 4. The Morgan fingerprint density at radius 3 is 2.91 bits per heavy atom. The van der Waals surface area contributed by atoms with E-state index in [0.717, 1.165) is 18.6 Å². The number of carbonyl (C=O) groups is 1.